The zero-order valence-electron chi connectivity index (χ0n) is 11.6. The van der Waals surface area contributed by atoms with Gasteiger partial charge in [0.15, 0.2) is 0 Å². The van der Waals surface area contributed by atoms with Crippen LogP contribution in [0.15, 0.2) is 4.79 Å². The second-order valence-electron chi connectivity index (χ2n) is 5.66. The van der Waals surface area contributed by atoms with Gasteiger partial charge < -0.3 is 15.3 Å². The second kappa shape index (κ2) is 6.01. The fraction of sp³-hybridized carbons (Fsp3) is 0.692. The lowest BCUT2D eigenvalue weighted by atomic mass is 9.94. The number of amides is 1. The van der Waals surface area contributed by atoms with Gasteiger partial charge in [-0.15, -0.1) is 12.4 Å². The van der Waals surface area contributed by atoms with Crippen molar-refractivity contribution < 1.29 is 4.79 Å². The standard InChI is InChI=1S/C13H20N4O2.ClH/c1-8-11(13(19)16-15-8)4-12(18)17-7-9-2-3-10(17)6-14-5-9;/h9-10,14H,2-7H2,1H3,(H2,15,16,19);1H/t9-,10+;/m1./s1. The molecule has 3 aliphatic heterocycles. The molecule has 0 radical (unpaired) electrons. The maximum Gasteiger partial charge on any atom is 0.267 e. The molecule has 2 atom stereocenters. The smallest absolute Gasteiger partial charge is 0.267 e. The summed E-state index contributed by atoms with van der Waals surface area (Å²) in [7, 11) is 0. The second-order valence-corrected chi connectivity index (χ2v) is 5.66. The fourth-order valence-electron chi connectivity index (χ4n) is 3.18. The van der Waals surface area contributed by atoms with E-state index < -0.39 is 0 Å². The maximum atomic E-state index is 12.4. The summed E-state index contributed by atoms with van der Waals surface area (Å²) in [6.45, 7) is 4.53. The molecule has 4 rings (SSSR count). The Morgan fingerprint density at radius 2 is 2.10 bits per heavy atom. The first-order valence-electron chi connectivity index (χ1n) is 6.91. The maximum absolute atomic E-state index is 12.4. The molecule has 6 nitrogen and oxygen atoms in total. The van der Waals surface area contributed by atoms with E-state index in [0.29, 0.717) is 17.5 Å². The van der Waals surface area contributed by atoms with Crippen molar-refractivity contribution in [3.05, 3.63) is 21.6 Å². The summed E-state index contributed by atoms with van der Waals surface area (Å²) < 4.78 is 0. The molecule has 3 aliphatic rings. The number of halogens is 1. The van der Waals surface area contributed by atoms with Gasteiger partial charge in [-0.05, 0) is 32.2 Å². The molecule has 1 aromatic rings. The van der Waals surface area contributed by atoms with Crippen LogP contribution < -0.4 is 10.9 Å². The van der Waals surface area contributed by atoms with Crippen molar-refractivity contribution in [1.29, 1.82) is 0 Å². The number of rotatable bonds is 2. The van der Waals surface area contributed by atoms with Gasteiger partial charge in [-0.1, -0.05) is 0 Å². The summed E-state index contributed by atoms with van der Waals surface area (Å²) in [5.41, 5.74) is 1.15. The van der Waals surface area contributed by atoms with E-state index in [1.807, 2.05) is 11.8 Å². The number of nitrogens with zero attached hydrogens (tertiary/aromatic N) is 1. The van der Waals surface area contributed by atoms with Crippen LogP contribution in [0.4, 0.5) is 0 Å². The molecule has 7 heteroatoms. The molecule has 4 heterocycles. The zero-order chi connectivity index (χ0) is 13.4. The molecule has 0 unspecified atom stereocenters. The van der Waals surface area contributed by atoms with Crippen LogP contribution in [0.2, 0.25) is 0 Å². The van der Waals surface area contributed by atoms with Crippen LogP contribution in [-0.2, 0) is 11.2 Å². The Hall–Kier alpha value is -1.27. The lowest BCUT2D eigenvalue weighted by Crippen LogP contribution is -2.48. The van der Waals surface area contributed by atoms with Crippen LogP contribution >= 0.6 is 12.4 Å². The van der Waals surface area contributed by atoms with Crippen molar-refractivity contribution >= 4 is 18.3 Å². The van der Waals surface area contributed by atoms with Crippen molar-refractivity contribution in [2.75, 3.05) is 19.6 Å². The molecule has 3 saturated heterocycles. The van der Waals surface area contributed by atoms with Gasteiger partial charge >= 0.3 is 0 Å². The number of fused-ring (bicyclic) bond motifs is 4. The molecule has 1 amide bonds. The predicted molar refractivity (Wildman–Crippen MR) is 78.2 cm³/mol. The fourth-order valence-corrected chi connectivity index (χ4v) is 3.18. The Bertz CT molecular complexity index is 535. The molecule has 1 aromatic heterocycles. The van der Waals surface area contributed by atoms with Crippen molar-refractivity contribution in [1.82, 2.24) is 20.4 Å². The highest BCUT2D eigenvalue weighted by Gasteiger charge is 2.34. The van der Waals surface area contributed by atoms with Gasteiger partial charge in [-0.3, -0.25) is 14.7 Å². The average Bonchev–Trinajstić information content (AvgIpc) is 2.66. The number of carbonyl (C=O) groups excluding carboxylic acids is 1. The SMILES string of the molecule is Cc1[nH][nH]c(=O)c1CC(=O)N1C[C@@H]2CC[C@H]1CNC2.Cl. The van der Waals surface area contributed by atoms with E-state index in [4.69, 9.17) is 0 Å². The molecule has 112 valence electrons. The third-order valence-electron chi connectivity index (χ3n) is 4.36. The highest BCUT2D eigenvalue weighted by atomic mass is 35.5. The van der Waals surface area contributed by atoms with Crippen molar-refractivity contribution in [3.8, 4) is 0 Å². The highest BCUT2D eigenvalue weighted by molar-refractivity contribution is 5.85. The van der Waals surface area contributed by atoms with Crippen LogP contribution in [0, 0.1) is 12.8 Å². The summed E-state index contributed by atoms with van der Waals surface area (Å²) in [5, 5.41) is 8.71. The van der Waals surface area contributed by atoms with Gasteiger partial charge in [0, 0.05) is 30.4 Å². The molecular weight excluding hydrogens is 280 g/mol. The topological polar surface area (TPSA) is 81.0 Å². The Morgan fingerprint density at radius 1 is 1.30 bits per heavy atom. The minimum atomic E-state index is -0.177. The number of carbonyl (C=O) groups is 1. The van der Waals surface area contributed by atoms with Crippen molar-refractivity contribution in [2.45, 2.75) is 32.2 Å². The van der Waals surface area contributed by atoms with Crippen LogP contribution in [-0.4, -0.2) is 46.7 Å². The van der Waals surface area contributed by atoms with Gasteiger partial charge in [0.2, 0.25) is 5.91 Å². The lowest BCUT2D eigenvalue weighted by molar-refractivity contribution is -0.134. The molecule has 3 fully saturated rings. The summed E-state index contributed by atoms with van der Waals surface area (Å²) in [5.74, 6) is 0.639. The molecule has 3 N–H and O–H groups in total. The van der Waals surface area contributed by atoms with E-state index in [0.717, 1.165) is 31.7 Å². The largest absolute Gasteiger partial charge is 0.338 e. The van der Waals surface area contributed by atoms with Crippen LogP contribution in [0.25, 0.3) is 0 Å². The van der Waals surface area contributed by atoms with Crippen molar-refractivity contribution in [2.24, 2.45) is 5.92 Å². The first kappa shape index (κ1) is 15.1. The number of H-pyrrole nitrogens is 2. The third-order valence-corrected chi connectivity index (χ3v) is 4.36. The predicted octanol–water partition coefficient (Wildman–Crippen LogP) is 0.186. The van der Waals surface area contributed by atoms with Gasteiger partial charge in [-0.25, -0.2) is 0 Å². The van der Waals surface area contributed by atoms with E-state index in [2.05, 4.69) is 15.5 Å². The van der Waals surface area contributed by atoms with E-state index in [9.17, 15) is 9.59 Å². The number of aromatic amines is 2. The first-order chi connectivity index (χ1) is 9.15. The van der Waals surface area contributed by atoms with Gasteiger partial charge in [0.25, 0.3) is 5.56 Å². The number of nitrogens with one attached hydrogen (secondary N) is 3. The summed E-state index contributed by atoms with van der Waals surface area (Å²) in [6.07, 6.45) is 2.48. The van der Waals surface area contributed by atoms with E-state index >= 15 is 0 Å². The van der Waals surface area contributed by atoms with E-state index in [1.54, 1.807) is 0 Å². The van der Waals surface area contributed by atoms with Crippen LogP contribution in [0.1, 0.15) is 24.1 Å². The molecule has 20 heavy (non-hydrogen) atoms. The number of aromatic nitrogens is 2. The number of piperidine rings is 1. The molecule has 0 spiro atoms. The number of hydrogen-bond acceptors (Lipinski definition) is 3. The monoisotopic (exact) mass is 300 g/mol. The summed E-state index contributed by atoms with van der Waals surface area (Å²) in [4.78, 5) is 26.0. The number of hydrogen-bond donors (Lipinski definition) is 3. The Balaban J connectivity index is 0.00000147. The normalized spacial score (nSPS) is 25.1. The molecule has 0 saturated carbocycles. The van der Waals surface area contributed by atoms with Gasteiger partial charge in [0.1, 0.15) is 0 Å². The van der Waals surface area contributed by atoms with E-state index in [1.165, 1.54) is 6.42 Å². The third kappa shape index (κ3) is 2.76. The minimum Gasteiger partial charge on any atom is -0.338 e. The molecule has 0 aliphatic carbocycles. The average molecular weight is 301 g/mol. The Morgan fingerprint density at radius 3 is 2.80 bits per heavy atom. The Labute approximate surface area is 123 Å². The lowest BCUT2D eigenvalue weighted by Gasteiger charge is -2.36. The van der Waals surface area contributed by atoms with Gasteiger partial charge in [-0.2, -0.15) is 0 Å². The zero-order valence-corrected chi connectivity index (χ0v) is 12.4. The van der Waals surface area contributed by atoms with Crippen molar-refractivity contribution in [3.63, 3.8) is 0 Å². The minimum absolute atomic E-state index is 0. The molecule has 2 bridgehead atoms. The quantitative estimate of drug-likeness (QED) is 0.729. The molecule has 0 aromatic carbocycles. The Kier molecular flexibility index (Phi) is 4.55. The summed E-state index contributed by atoms with van der Waals surface area (Å²) >= 11 is 0. The summed E-state index contributed by atoms with van der Waals surface area (Å²) in [6, 6.07) is 0.296. The highest BCUT2D eigenvalue weighted by Crippen LogP contribution is 2.24. The van der Waals surface area contributed by atoms with Crippen LogP contribution in [0.3, 0.4) is 0 Å². The first-order valence-corrected chi connectivity index (χ1v) is 6.91. The number of aryl methyl sites for hydroxylation is 1. The van der Waals surface area contributed by atoms with E-state index in [-0.39, 0.29) is 30.3 Å². The van der Waals surface area contributed by atoms with Crippen LogP contribution in [0.5, 0.6) is 0 Å². The van der Waals surface area contributed by atoms with Gasteiger partial charge in [0.05, 0.1) is 6.42 Å². The molecular formula is C13H21ClN4O2.